The highest BCUT2D eigenvalue weighted by Crippen LogP contribution is 2.36. The molecule has 2 rings (SSSR count). The van der Waals surface area contributed by atoms with Gasteiger partial charge in [-0.2, -0.15) is 0 Å². The first-order valence-electron chi connectivity index (χ1n) is 6.63. The highest BCUT2D eigenvalue weighted by atomic mass is 32.2. The number of carbonyl (C=O) groups is 1. The van der Waals surface area contributed by atoms with Crippen LogP contribution < -0.4 is 4.72 Å². The largest absolute Gasteiger partial charge is 0.478 e. The van der Waals surface area contributed by atoms with E-state index in [-0.39, 0.29) is 28.0 Å². The fourth-order valence-electron chi connectivity index (χ4n) is 2.57. The Morgan fingerprint density at radius 2 is 2.05 bits per heavy atom. The van der Waals surface area contributed by atoms with Crippen molar-refractivity contribution in [2.75, 3.05) is 0 Å². The Balaban J connectivity index is 2.29. The maximum Gasteiger partial charge on any atom is 0.340 e. The molecule has 0 bridgehead atoms. The molecule has 2 unspecified atom stereocenters. The van der Waals surface area contributed by atoms with E-state index in [2.05, 4.69) is 11.6 Å². The van der Waals surface area contributed by atoms with Crippen molar-refractivity contribution in [1.82, 2.24) is 4.72 Å². The number of hydrogen-bond acceptors (Lipinski definition) is 4. The quantitative estimate of drug-likeness (QED) is 0.838. The smallest absolute Gasteiger partial charge is 0.340 e. The Bertz CT molecular complexity index is 631. The summed E-state index contributed by atoms with van der Waals surface area (Å²) in [6.07, 6.45) is 2.79. The van der Waals surface area contributed by atoms with Crippen LogP contribution in [0.1, 0.15) is 48.1 Å². The molecule has 20 heavy (non-hydrogen) atoms. The van der Waals surface area contributed by atoms with E-state index in [0.717, 1.165) is 19.3 Å². The van der Waals surface area contributed by atoms with Crippen molar-refractivity contribution in [2.45, 2.75) is 51.0 Å². The molecule has 1 aliphatic rings. The molecule has 6 nitrogen and oxygen atoms in total. The van der Waals surface area contributed by atoms with Gasteiger partial charge in [0, 0.05) is 6.04 Å². The summed E-state index contributed by atoms with van der Waals surface area (Å²) in [6.45, 7) is 4.97. The Morgan fingerprint density at radius 3 is 2.60 bits per heavy atom. The van der Waals surface area contributed by atoms with Crippen LogP contribution in [0.4, 0.5) is 0 Å². The second-order valence-electron chi connectivity index (χ2n) is 5.24. The molecule has 0 amide bonds. The Morgan fingerprint density at radius 1 is 1.40 bits per heavy atom. The molecule has 0 aromatic carbocycles. The number of nitrogens with one attached hydrogen (secondary N) is 1. The molecule has 0 radical (unpaired) electrons. The van der Waals surface area contributed by atoms with Gasteiger partial charge in [-0.1, -0.05) is 13.3 Å². The molecule has 1 heterocycles. The van der Waals surface area contributed by atoms with E-state index >= 15 is 0 Å². The average Bonchev–Trinajstić information content (AvgIpc) is 2.92. The molecule has 7 heteroatoms. The highest BCUT2D eigenvalue weighted by Gasteiger charge is 2.41. The van der Waals surface area contributed by atoms with Crippen LogP contribution in [-0.2, 0) is 10.0 Å². The van der Waals surface area contributed by atoms with Gasteiger partial charge in [-0.25, -0.2) is 17.9 Å². The summed E-state index contributed by atoms with van der Waals surface area (Å²) in [5, 5.41) is 9.16. The topological polar surface area (TPSA) is 96.6 Å². The van der Waals surface area contributed by atoms with E-state index in [1.54, 1.807) is 0 Å². The second kappa shape index (κ2) is 5.21. The van der Waals surface area contributed by atoms with E-state index < -0.39 is 16.0 Å². The first-order chi connectivity index (χ1) is 9.27. The van der Waals surface area contributed by atoms with Crippen LogP contribution >= 0.6 is 0 Å². The second-order valence-corrected chi connectivity index (χ2v) is 6.89. The molecular formula is C13H19NO5S. The van der Waals surface area contributed by atoms with Crippen LogP contribution in [-0.4, -0.2) is 25.5 Å². The summed E-state index contributed by atoms with van der Waals surface area (Å²) in [6, 6.07) is -0.0869. The number of hydrogen-bond donors (Lipinski definition) is 2. The van der Waals surface area contributed by atoms with Crippen molar-refractivity contribution in [3.63, 3.8) is 0 Å². The minimum atomic E-state index is -3.86. The van der Waals surface area contributed by atoms with Crippen LogP contribution in [0.15, 0.2) is 9.31 Å². The molecule has 1 aromatic rings. The van der Waals surface area contributed by atoms with Crippen LogP contribution in [0.25, 0.3) is 0 Å². The van der Waals surface area contributed by atoms with Crippen LogP contribution in [0.2, 0.25) is 0 Å². The van der Waals surface area contributed by atoms with E-state index in [1.807, 2.05) is 0 Å². The van der Waals surface area contributed by atoms with Gasteiger partial charge in [0.25, 0.3) is 0 Å². The summed E-state index contributed by atoms with van der Waals surface area (Å²) >= 11 is 0. The molecule has 0 saturated heterocycles. The monoisotopic (exact) mass is 301 g/mol. The van der Waals surface area contributed by atoms with Gasteiger partial charge < -0.3 is 9.52 Å². The van der Waals surface area contributed by atoms with Gasteiger partial charge in [-0.15, -0.1) is 0 Å². The van der Waals surface area contributed by atoms with Gasteiger partial charge in [-0.3, -0.25) is 0 Å². The van der Waals surface area contributed by atoms with Crippen LogP contribution in [0.3, 0.4) is 0 Å². The molecule has 1 fully saturated rings. The average molecular weight is 301 g/mol. The third-order valence-corrected chi connectivity index (χ3v) is 5.22. The third kappa shape index (κ3) is 2.73. The number of rotatable bonds is 6. The maximum atomic E-state index is 12.4. The summed E-state index contributed by atoms with van der Waals surface area (Å²) in [5.41, 5.74) is -0.275. The number of aromatic carboxylic acids is 1. The predicted molar refractivity (Wildman–Crippen MR) is 72.3 cm³/mol. The number of aryl methyl sites for hydroxylation is 2. The Kier molecular flexibility index (Phi) is 3.93. The summed E-state index contributed by atoms with van der Waals surface area (Å²) in [7, 11) is -3.86. The summed E-state index contributed by atoms with van der Waals surface area (Å²) in [4.78, 5) is 11.0. The number of carboxylic acid groups (broad SMARTS) is 1. The zero-order valence-corrected chi connectivity index (χ0v) is 12.6. The van der Waals surface area contributed by atoms with Gasteiger partial charge >= 0.3 is 5.97 Å². The lowest BCUT2D eigenvalue weighted by Crippen LogP contribution is -2.28. The minimum Gasteiger partial charge on any atom is -0.478 e. The van der Waals surface area contributed by atoms with Gasteiger partial charge in [0.05, 0.1) is 0 Å². The molecule has 0 aliphatic heterocycles. The van der Waals surface area contributed by atoms with Gasteiger partial charge in [0.1, 0.15) is 22.0 Å². The van der Waals surface area contributed by atoms with Gasteiger partial charge in [0.2, 0.25) is 10.0 Å². The Hall–Kier alpha value is -1.34. The lowest BCUT2D eigenvalue weighted by Gasteiger charge is -2.06. The Labute approximate surface area is 118 Å². The minimum absolute atomic E-state index is 0.0869. The van der Waals surface area contributed by atoms with Crippen LogP contribution in [0, 0.1) is 19.8 Å². The van der Waals surface area contributed by atoms with E-state index in [4.69, 9.17) is 9.52 Å². The van der Waals surface area contributed by atoms with Crippen molar-refractivity contribution in [2.24, 2.45) is 5.92 Å². The standard InChI is InChI=1S/C13H19NO5S/c1-4-5-9-6-10(9)14-20(17,18)12-8(3)19-7(2)11(12)13(15)16/h9-10,14H,4-6H2,1-3H3,(H,15,16). The SMILES string of the molecule is CCCC1CC1NS(=O)(=O)c1c(C)oc(C)c1C(=O)O. The predicted octanol–water partition coefficient (Wildman–Crippen LogP) is 2.06. The molecule has 1 saturated carbocycles. The number of carboxylic acids is 1. The van der Waals surface area contributed by atoms with Crippen molar-refractivity contribution in [3.8, 4) is 0 Å². The molecular weight excluding hydrogens is 282 g/mol. The molecule has 2 atom stereocenters. The van der Waals surface area contributed by atoms with Crippen molar-refractivity contribution in [3.05, 3.63) is 17.1 Å². The lowest BCUT2D eigenvalue weighted by molar-refractivity contribution is 0.0691. The maximum absolute atomic E-state index is 12.4. The molecule has 2 N–H and O–H groups in total. The summed E-state index contributed by atoms with van der Waals surface area (Å²) < 4.78 is 32.5. The fourth-order valence-corrected chi connectivity index (χ4v) is 4.30. The van der Waals surface area contributed by atoms with E-state index in [9.17, 15) is 13.2 Å². The van der Waals surface area contributed by atoms with Crippen molar-refractivity contribution >= 4 is 16.0 Å². The number of sulfonamides is 1. The first kappa shape index (κ1) is 15.1. The van der Waals surface area contributed by atoms with E-state index in [1.165, 1.54) is 13.8 Å². The van der Waals surface area contributed by atoms with Crippen molar-refractivity contribution < 1.29 is 22.7 Å². The molecule has 1 aliphatic carbocycles. The zero-order chi connectivity index (χ0) is 15.1. The van der Waals surface area contributed by atoms with Gasteiger partial charge in [0.15, 0.2) is 0 Å². The summed E-state index contributed by atoms with van der Waals surface area (Å²) in [5.74, 6) is -0.714. The molecule has 112 valence electrons. The first-order valence-corrected chi connectivity index (χ1v) is 8.11. The molecule has 1 aromatic heterocycles. The normalized spacial score (nSPS) is 21.9. The van der Waals surface area contributed by atoms with Gasteiger partial charge in [-0.05, 0) is 32.6 Å². The van der Waals surface area contributed by atoms with Crippen LogP contribution in [0.5, 0.6) is 0 Å². The fraction of sp³-hybridized carbons (Fsp3) is 0.615. The zero-order valence-electron chi connectivity index (χ0n) is 11.8. The molecule has 0 spiro atoms. The lowest BCUT2D eigenvalue weighted by atomic mass is 10.2. The highest BCUT2D eigenvalue weighted by molar-refractivity contribution is 7.89. The van der Waals surface area contributed by atoms with Crippen molar-refractivity contribution in [1.29, 1.82) is 0 Å². The van der Waals surface area contributed by atoms with E-state index in [0.29, 0.717) is 5.92 Å². The third-order valence-electron chi connectivity index (χ3n) is 3.58. The number of furan rings is 1.